The lowest BCUT2D eigenvalue weighted by molar-refractivity contribution is -0.118. The average molecular weight is 290 g/mol. The lowest BCUT2D eigenvalue weighted by Gasteiger charge is -2.04. The van der Waals surface area contributed by atoms with Gasteiger partial charge in [0.15, 0.2) is 5.16 Å². The Bertz CT molecular complexity index is 711. The van der Waals surface area contributed by atoms with Gasteiger partial charge >= 0.3 is 5.69 Å². The van der Waals surface area contributed by atoms with Crippen molar-refractivity contribution in [3.8, 4) is 0 Å². The average Bonchev–Trinajstić information content (AvgIpc) is 2.43. The minimum Gasteiger partial charge on any atom is -0.352 e. The molecule has 1 N–H and O–H groups in total. The summed E-state index contributed by atoms with van der Waals surface area (Å²) in [6.45, 7) is 5.82. The Morgan fingerprint density at radius 2 is 2.30 bits per heavy atom. The number of hydrogen-bond donors (Lipinski definition) is 1. The molecule has 104 valence electrons. The molecule has 6 nitrogen and oxygen atoms in total. The number of nitrogens with one attached hydrogen (secondary N) is 1. The van der Waals surface area contributed by atoms with Crippen molar-refractivity contribution >= 4 is 23.3 Å². The van der Waals surface area contributed by atoms with E-state index in [2.05, 4.69) is 21.9 Å². The zero-order valence-electron chi connectivity index (χ0n) is 11.0. The van der Waals surface area contributed by atoms with Gasteiger partial charge in [0.05, 0.1) is 5.75 Å². The lowest BCUT2D eigenvalue weighted by Crippen LogP contribution is -2.25. The second-order valence-corrected chi connectivity index (χ2v) is 5.05. The van der Waals surface area contributed by atoms with E-state index in [0.717, 1.165) is 17.3 Å². The molecule has 0 aliphatic heterocycles. The van der Waals surface area contributed by atoms with Crippen molar-refractivity contribution in [3.05, 3.63) is 47.0 Å². The topological polar surface area (TPSA) is 76.4 Å². The van der Waals surface area contributed by atoms with E-state index in [0.29, 0.717) is 17.3 Å². The summed E-state index contributed by atoms with van der Waals surface area (Å²) in [7, 11) is 0. The van der Waals surface area contributed by atoms with Crippen LogP contribution in [-0.4, -0.2) is 32.6 Å². The number of nitrogens with zero attached hydrogens (tertiary/aromatic N) is 3. The minimum absolute atomic E-state index is 0.150. The summed E-state index contributed by atoms with van der Waals surface area (Å²) in [6.07, 6.45) is 3.28. The molecule has 2 aromatic heterocycles. The summed E-state index contributed by atoms with van der Waals surface area (Å²) in [6, 6.07) is 3.62. The molecular weight excluding hydrogens is 276 g/mol. The molecule has 0 atom stereocenters. The number of aromatic nitrogens is 3. The maximum absolute atomic E-state index is 11.9. The van der Waals surface area contributed by atoms with Crippen LogP contribution in [0.1, 0.15) is 5.56 Å². The van der Waals surface area contributed by atoms with Gasteiger partial charge in [-0.3, -0.25) is 9.20 Å². The number of aryl methyl sites for hydroxylation is 1. The van der Waals surface area contributed by atoms with Crippen LogP contribution in [0.25, 0.3) is 5.65 Å². The van der Waals surface area contributed by atoms with Gasteiger partial charge in [-0.25, -0.2) is 9.78 Å². The maximum Gasteiger partial charge on any atom is 0.355 e. The predicted molar refractivity (Wildman–Crippen MR) is 77.9 cm³/mol. The highest BCUT2D eigenvalue weighted by Crippen LogP contribution is 2.11. The van der Waals surface area contributed by atoms with Gasteiger partial charge in [0.25, 0.3) is 0 Å². The largest absolute Gasteiger partial charge is 0.355 e. The third kappa shape index (κ3) is 3.45. The Morgan fingerprint density at radius 1 is 1.50 bits per heavy atom. The molecular formula is C13H14N4O2S. The van der Waals surface area contributed by atoms with Gasteiger partial charge in [0.1, 0.15) is 5.65 Å². The smallest absolute Gasteiger partial charge is 0.352 e. The van der Waals surface area contributed by atoms with Crippen molar-refractivity contribution in [2.45, 2.75) is 12.1 Å². The molecule has 1 amide bonds. The van der Waals surface area contributed by atoms with E-state index in [4.69, 9.17) is 0 Å². The zero-order valence-corrected chi connectivity index (χ0v) is 11.8. The van der Waals surface area contributed by atoms with Crippen molar-refractivity contribution in [3.63, 3.8) is 0 Å². The highest BCUT2D eigenvalue weighted by atomic mass is 32.2. The van der Waals surface area contributed by atoms with Crippen LogP contribution in [0.2, 0.25) is 0 Å². The van der Waals surface area contributed by atoms with Gasteiger partial charge < -0.3 is 5.32 Å². The third-order valence-electron chi connectivity index (χ3n) is 2.46. The van der Waals surface area contributed by atoms with Crippen molar-refractivity contribution in [1.29, 1.82) is 0 Å². The summed E-state index contributed by atoms with van der Waals surface area (Å²) in [5.41, 5.74) is 1.07. The highest BCUT2D eigenvalue weighted by molar-refractivity contribution is 7.99. The highest BCUT2D eigenvalue weighted by Gasteiger charge is 2.07. The first kappa shape index (κ1) is 14.3. The first-order chi connectivity index (χ1) is 9.60. The summed E-state index contributed by atoms with van der Waals surface area (Å²) in [4.78, 5) is 31.4. The lowest BCUT2D eigenvalue weighted by atomic mass is 10.3. The number of carbonyl (C=O) groups excluding carboxylic acids is 1. The van der Waals surface area contributed by atoms with E-state index < -0.39 is 5.69 Å². The van der Waals surface area contributed by atoms with Crippen LogP contribution >= 0.6 is 11.8 Å². The van der Waals surface area contributed by atoms with E-state index in [1.807, 2.05) is 13.0 Å². The first-order valence-corrected chi connectivity index (χ1v) is 6.96. The standard InChI is InChI=1S/C13H14N4O2S/c1-3-6-14-11(18)8-20-12-15-10-5-4-9(2)7-17(10)13(19)16-12/h3-5,7H,1,6,8H2,2H3,(H,14,18). The summed E-state index contributed by atoms with van der Waals surface area (Å²) < 4.78 is 1.39. The van der Waals surface area contributed by atoms with Gasteiger partial charge in [-0.1, -0.05) is 23.9 Å². The van der Waals surface area contributed by atoms with Gasteiger partial charge in [-0.05, 0) is 18.6 Å². The third-order valence-corrected chi connectivity index (χ3v) is 3.31. The Morgan fingerprint density at radius 3 is 3.05 bits per heavy atom. The summed E-state index contributed by atoms with van der Waals surface area (Å²) in [5, 5.41) is 2.94. The van der Waals surface area contributed by atoms with E-state index in [1.165, 1.54) is 4.40 Å². The molecule has 2 aromatic rings. The minimum atomic E-state index is -0.396. The van der Waals surface area contributed by atoms with E-state index in [-0.39, 0.29) is 11.7 Å². The number of rotatable bonds is 5. The van der Waals surface area contributed by atoms with Crippen LogP contribution in [0.15, 0.2) is 40.9 Å². The van der Waals surface area contributed by atoms with Crippen LogP contribution in [0, 0.1) is 6.92 Å². The SMILES string of the molecule is C=CCNC(=O)CSc1nc(=O)n2cc(C)ccc2n1. The monoisotopic (exact) mass is 290 g/mol. The van der Waals surface area contributed by atoms with Crippen LogP contribution < -0.4 is 11.0 Å². The fourth-order valence-electron chi connectivity index (χ4n) is 1.53. The summed E-state index contributed by atoms with van der Waals surface area (Å²) >= 11 is 1.13. The number of thioether (sulfide) groups is 1. The van der Waals surface area contributed by atoms with Crippen LogP contribution in [0.3, 0.4) is 0 Å². The second-order valence-electron chi connectivity index (χ2n) is 4.10. The molecule has 0 radical (unpaired) electrons. The maximum atomic E-state index is 11.9. The molecule has 0 aliphatic carbocycles. The second kappa shape index (κ2) is 6.33. The Hall–Kier alpha value is -2.15. The molecule has 0 bridgehead atoms. The van der Waals surface area contributed by atoms with Gasteiger partial charge in [-0.2, -0.15) is 4.98 Å². The normalized spacial score (nSPS) is 10.4. The van der Waals surface area contributed by atoms with Crippen LogP contribution in [0.5, 0.6) is 0 Å². The molecule has 0 saturated carbocycles. The Kier molecular flexibility index (Phi) is 4.52. The molecule has 0 unspecified atom stereocenters. The quantitative estimate of drug-likeness (QED) is 0.651. The molecule has 0 fully saturated rings. The molecule has 0 aliphatic rings. The van der Waals surface area contributed by atoms with Crippen molar-refractivity contribution in [2.75, 3.05) is 12.3 Å². The van der Waals surface area contributed by atoms with Crippen molar-refractivity contribution in [2.24, 2.45) is 0 Å². The van der Waals surface area contributed by atoms with Gasteiger partial charge in [0.2, 0.25) is 5.91 Å². The van der Waals surface area contributed by atoms with E-state index in [1.54, 1.807) is 18.3 Å². The molecule has 0 aromatic carbocycles. The van der Waals surface area contributed by atoms with E-state index >= 15 is 0 Å². The number of amides is 1. The molecule has 0 spiro atoms. The number of hydrogen-bond acceptors (Lipinski definition) is 5. The van der Waals surface area contributed by atoms with E-state index in [9.17, 15) is 9.59 Å². The van der Waals surface area contributed by atoms with Crippen LogP contribution in [0.4, 0.5) is 0 Å². The fraction of sp³-hybridized carbons (Fsp3) is 0.231. The van der Waals surface area contributed by atoms with Gasteiger partial charge in [0, 0.05) is 12.7 Å². The van der Waals surface area contributed by atoms with Crippen molar-refractivity contribution in [1.82, 2.24) is 19.7 Å². The molecule has 2 rings (SSSR count). The molecule has 0 saturated heterocycles. The fourth-order valence-corrected chi connectivity index (χ4v) is 2.20. The zero-order chi connectivity index (χ0) is 14.5. The number of carbonyl (C=O) groups is 1. The molecule has 2 heterocycles. The molecule has 20 heavy (non-hydrogen) atoms. The predicted octanol–water partition coefficient (Wildman–Crippen LogP) is 0.792. The Balaban J connectivity index is 2.16. The Labute approximate surface area is 119 Å². The van der Waals surface area contributed by atoms with Crippen LogP contribution in [-0.2, 0) is 4.79 Å². The molecule has 7 heteroatoms. The van der Waals surface area contributed by atoms with Crippen molar-refractivity contribution < 1.29 is 4.79 Å². The number of fused-ring (bicyclic) bond motifs is 1. The first-order valence-electron chi connectivity index (χ1n) is 5.97. The number of pyridine rings is 1. The summed E-state index contributed by atoms with van der Waals surface area (Å²) in [5.74, 6) is 0.0117. The van der Waals surface area contributed by atoms with Gasteiger partial charge in [-0.15, -0.1) is 6.58 Å².